The van der Waals surface area contributed by atoms with E-state index < -0.39 is 0 Å². The second-order valence-electron chi connectivity index (χ2n) is 14.4. The van der Waals surface area contributed by atoms with Crippen molar-refractivity contribution in [3.05, 3.63) is 169 Å². The fourth-order valence-electron chi connectivity index (χ4n) is 8.46. The number of nitrogens with zero attached hydrogens (tertiary/aromatic N) is 4. The van der Waals surface area contributed by atoms with Crippen LogP contribution >= 0.6 is 0 Å². The summed E-state index contributed by atoms with van der Waals surface area (Å²) in [7, 11) is 0. The molecule has 3 heterocycles. The van der Waals surface area contributed by atoms with Crippen LogP contribution in [-0.2, 0) is 5.41 Å². The molecule has 0 spiro atoms. The number of hydrogen-bond donors (Lipinski definition) is 0. The number of hydrogen-bond acceptors (Lipinski definition) is 4. The zero-order valence-corrected chi connectivity index (χ0v) is 29.2. The number of benzene rings is 7. The molecule has 0 atom stereocenters. The molecule has 250 valence electrons. The van der Waals surface area contributed by atoms with Crippen LogP contribution in [0.1, 0.15) is 25.0 Å². The van der Waals surface area contributed by atoms with E-state index in [9.17, 15) is 0 Å². The van der Waals surface area contributed by atoms with Crippen molar-refractivity contribution < 1.29 is 4.42 Å². The van der Waals surface area contributed by atoms with Crippen LogP contribution in [0.15, 0.2) is 162 Å². The van der Waals surface area contributed by atoms with E-state index in [-0.39, 0.29) is 5.41 Å². The van der Waals surface area contributed by atoms with Gasteiger partial charge in [0.1, 0.15) is 5.58 Å². The van der Waals surface area contributed by atoms with Crippen molar-refractivity contribution in [2.45, 2.75) is 19.3 Å². The topological polar surface area (TPSA) is 56.7 Å². The summed E-state index contributed by atoms with van der Waals surface area (Å²) in [5, 5.41) is 4.48. The maximum Gasteiger partial charge on any atom is 0.164 e. The van der Waals surface area contributed by atoms with Gasteiger partial charge in [-0.3, -0.25) is 0 Å². The molecule has 0 amide bonds. The second kappa shape index (κ2) is 11.1. The highest BCUT2D eigenvalue weighted by atomic mass is 16.3. The van der Waals surface area contributed by atoms with E-state index in [1.54, 1.807) is 0 Å². The Kier molecular flexibility index (Phi) is 6.23. The molecule has 0 fully saturated rings. The lowest BCUT2D eigenvalue weighted by atomic mass is 9.82. The van der Waals surface area contributed by atoms with Crippen LogP contribution in [0, 0.1) is 0 Å². The van der Waals surface area contributed by atoms with E-state index in [4.69, 9.17) is 19.4 Å². The van der Waals surface area contributed by atoms with Crippen molar-refractivity contribution in [2.75, 3.05) is 0 Å². The molecule has 0 saturated carbocycles. The van der Waals surface area contributed by atoms with E-state index in [0.717, 1.165) is 60.7 Å². The minimum Gasteiger partial charge on any atom is -0.454 e. The number of fused-ring (bicyclic) bond motifs is 10. The summed E-state index contributed by atoms with van der Waals surface area (Å²) in [6.07, 6.45) is 0. The average Bonchev–Trinajstić information content (AvgIpc) is 3.83. The molecule has 53 heavy (non-hydrogen) atoms. The predicted octanol–water partition coefficient (Wildman–Crippen LogP) is 12.2. The van der Waals surface area contributed by atoms with Gasteiger partial charge in [-0.2, -0.15) is 0 Å². The standard InChI is InChI=1S/C48H32N4O/c1-48(2)39-19-11-9-17-33(39)34-24-22-32(28-40(34)48)52-41-20-12-10-18-35(41)37-25-26-38-36-23-21-31(27-42(36)53-44(38)43(37)52)47-50-45(29-13-5-3-6-14-29)49-46(51-47)30-15-7-4-8-16-30/h3-28H,1-2H3. The molecule has 10 aromatic rings. The highest BCUT2D eigenvalue weighted by Crippen LogP contribution is 2.50. The Hall–Kier alpha value is -6.85. The number of aromatic nitrogens is 4. The Morgan fingerprint density at radius 1 is 0.472 bits per heavy atom. The summed E-state index contributed by atoms with van der Waals surface area (Å²) in [4.78, 5) is 14.8. The van der Waals surface area contributed by atoms with Crippen LogP contribution in [0.25, 0.3) is 94.7 Å². The molecule has 3 aromatic heterocycles. The van der Waals surface area contributed by atoms with Crippen LogP contribution < -0.4 is 0 Å². The Morgan fingerprint density at radius 2 is 1.08 bits per heavy atom. The molecule has 0 unspecified atom stereocenters. The maximum absolute atomic E-state index is 6.94. The fourth-order valence-corrected chi connectivity index (χ4v) is 8.46. The minimum atomic E-state index is -0.110. The zero-order chi connectivity index (χ0) is 35.3. The van der Waals surface area contributed by atoms with Gasteiger partial charge in [0.05, 0.1) is 11.0 Å². The Bertz CT molecular complexity index is 3020. The first-order valence-corrected chi connectivity index (χ1v) is 18.0. The highest BCUT2D eigenvalue weighted by Gasteiger charge is 2.35. The van der Waals surface area contributed by atoms with Crippen LogP contribution in [-0.4, -0.2) is 19.5 Å². The maximum atomic E-state index is 6.94. The molecule has 1 aliphatic rings. The number of para-hydroxylation sites is 1. The largest absolute Gasteiger partial charge is 0.454 e. The van der Waals surface area contributed by atoms with Gasteiger partial charge in [-0.1, -0.05) is 135 Å². The molecule has 0 N–H and O–H groups in total. The Morgan fingerprint density at radius 3 is 1.83 bits per heavy atom. The van der Waals surface area contributed by atoms with Gasteiger partial charge in [-0.25, -0.2) is 15.0 Å². The monoisotopic (exact) mass is 680 g/mol. The minimum absolute atomic E-state index is 0.110. The van der Waals surface area contributed by atoms with E-state index in [0.29, 0.717) is 17.5 Å². The molecule has 11 rings (SSSR count). The molecule has 0 saturated heterocycles. The van der Waals surface area contributed by atoms with Crippen LogP contribution in [0.5, 0.6) is 0 Å². The first-order valence-electron chi connectivity index (χ1n) is 18.0. The third kappa shape index (κ3) is 4.40. The van der Waals surface area contributed by atoms with E-state index in [1.165, 1.54) is 27.6 Å². The van der Waals surface area contributed by atoms with Gasteiger partial charge in [0, 0.05) is 49.3 Å². The molecular weight excluding hydrogens is 649 g/mol. The van der Waals surface area contributed by atoms with Gasteiger partial charge >= 0.3 is 0 Å². The third-order valence-electron chi connectivity index (χ3n) is 11.1. The zero-order valence-electron chi connectivity index (χ0n) is 29.2. The lowest BCUT2D eigenvalue weighted by molar-refractivity contribution is 0.660. The molecule has 0 bridgehead atoms. The second-order valence-corrected chi connectivity index (χ2v) is 14.4. The van der Waals surface area contributed by atoms with Crippen LogP contribution in [0.4, 0.5) is 0 Å². The quantitative estimate of drug-likeness (QED) is 0.186. The molecular formula is C48H32N4O. The van der Waals surface area contributed by atoms with Gasteiger partial charge in [0.25, 0.3) is 0 Å². The lowest BCUT2D eigenvalue weighted by Gasteiger charge is -2.22. The van der Waals surface area contributed by atoms with Crippen molar-refractivity contribution in [3.63, 3.8) is 0 Å². The summed E-state index contributed by atoms with van der Waals surface area (Å²) < 4.78 is 9.33. The molecule has 5 nitrogen and oxygen atoms in total. The van der Waals surface area contributed by atoms with Crippen molar-refractivity contribution in [2.24, 2.45) is 0 Å². The van der Waals surface area contributed by atoms with E-state index in [1.807, 2.05) is 60.7 Å². The van der Waals surface area contributed by atoms with E-state index in [2.05, 4.69) is 115 Å². The molecule has 1 aliphatic carbocycles. The van der Waals surface area contributed by atoms with Crippen molar-refractivity contribution in [1.29, 1.82) is 0 Å². The van der Waals surface area contributed by atoms with Gasteiger partial charge in [-0.05, 0) is 58.7 Å². The van der Waals surface area contributed by atoms with Gasteiger partial charge in [0.2, 0.25) is 0 Å². The number of furan rings is 1. The summed E-state index contributed by atoms with van der Waals surface area (Å²) in [6, 6.07) is 55.3. The van der Waals surface area contributed by atoms with Crippen LogP contribution in [0.2, 0.25) is 0 Å². The molecule has 7 aromatic carbocycles. The summed E-state index contributed by atoms with van der Waals surface area (Å²) in [6.45, 7) is 4.67. The SMILES string of the molecule is CC1(C)c2ccccc2-c2ccc(-n3c4ccccc4c4ccc5c6ccc(-c7nc(-c8ccccc8)nc(-c8ccccc8)n7)cc6oc5c43)cc21. The normalized spacial score (nSPS) is 13.2. The van der Waals surface area contributed by atoms with Crippen molar-refractivity contribution >= 4 is 43.7 Å². The first-order chi connectivity index (χ1) is 26.0. The van der Waals surface area contributed by atoms with Crippen molar-refractivity contribution in [3.8, 4) is 51.0 Å². The first kappa shape index (κ1) is 29.8. The average molecular weight is 681 g/mol. The van der Waals surface area contributed by atoms with E-state index >= 15 is 0 Å². The van der Waals surface area contributed by atoms with Gasteiger partial charge in [-0.15, -0.1) is 0 Å². The summed E-state index contributed by atoms with van der Waals surface area (Å²) in [5.41, 5.74) is 12.9. The third-order valence-corrected chi connectivity index (χ3v) is 11.1. The molecule has 0 aliphatic heterocycles. The smallest absolute Gasteiger partial charge is 0.164 e. The summed E-state index contributed by atoms with van der Waals surface area (Å²) >= 11 is 0. The van der Waals surface area contributed by atoms with Crippen molar-refractivity contribution in [1.82, 2.24) is 19.5 Å². The molecule has 0 radical (unpaired) electrons. The number of rotatable bonds is 4. The van der Waals surface area contributed by atoms with Gasteiger partial charge < -0.3 is 8.98 Å². The Labute approximate surface area is 305 Å². The molecule has 5 heteroatoms. The Balaban J connectivity index is 1.12. The van der Waals surface area contributed by atoms with Crippen LogP contribution in [0.3, 0.4) is 0 Å². The fraction of sp³-hybridized carbons (Fsp3) is 0.0625. The lowest BCUT2D eigenvalue weighted by Crippen LogP contribution is -2.15. The summed E-state index contributed by atoms with van der Waals surface area (Å²) in [5.74, 6) is 1.86. The predicted molar refractivity (Wildman–Crippen MR) is 215 cm³/mol. The highest BCUT2D eigenvalue weighted by molar-refractivity contribution is 6.21. The van der Waals surface area contributed by atoms with Gasteiger partial charge in [0.15, 0.2) is 23.1 Å².